The van der Waals surface area contributed by atoms with Crippen molar-refractivity contribution in [2.75, 3.05) is 24.4 Å². The van der Waals surface area contributed by atoms with Gasteiger partial charge in [0.2, 0.25) is 0 Å². The molecule has 0 aliphatic heterocycles. The monoisotopic (exact) mass is 417 g/mol. The van der Waals surface area contributed by atoms with Crippen LogP contribution in [0.25, 0.3) is 10.8 Å². The largest absolute Gasteiger partial charge is 0.497 e. The average molecular weight is 418 g/mol. The van der Waals surface area contributed by atoms with Crippen LogP contribution in [0.3, 0.4) is 0 Å². The predicted octanol–water partition coefficient (Wildman–Crippen LogP) is 5.51. The van der Waals surface area contributed by atoms with E-state index >= 15 is 0 Å². The van der Waals surface area contributed by atoms with E-state index in [1.807, 2.05) is 66.4 Å². The molecule has 0 atom stereocenters. The van der Waals surface area contributed by atoms with E-state index in [2.05, 4.69) is 22.1 Å². The van der Waals surface area contributed by atoms with Crippen LogP contribution in [0, 0.1) is 6.92 Å². The molecule has 160 valence electrons. The number of aromatic nitrogens is 3. The zero-order valence-electron chi connectivity index (χ0n) is 18.1. The summed E-state index contributed by atoms with van der Waals surface area (Å²) in [6.07, 6.45) is 2.13. The Morgan fingerprint density at radius 1 is 1.00 bits per heavy atom. The van der Waals surface area contributed by atoms with Crippen LogP contribution in [-0.2, 0) is 0 Å². The number of rotatable bonds is 8. The Labute approximate surface area is 181 Å². The highest BCUT2D eigenvalue weighted by Gasteiger charge is 2.18. The van der Waals surface area contributed by atoms with Crippen molar-refractivity contribution in [1.29, 1.82) is 0 Å². The Bertz CT molecular complexity index is 1170. The predicted molar refractivity (Wildman–Crippen MR) is 125 cm³/mol. The Morgan fingerprint density at radius 3 is 2.45 bits per heavy atom. The fourth-order valence-electron chi connectivity index (χ4n) is 3.42. The van der Waals surface area contributed by atoms with E-state index < -0.39 is 0 Å². The fourth-order valence-corrected chi connectivity index (χ4v) is 3.42. The number of hydrogen-bond acceptors (Lipinski definition) is 6. The third-order valence-electron chi connectivity index (χ3n) is 5.07. The SMILES string of the molecule is CCCCOc1ccc(N(c2cc(C)[nH]n2)c2cc3cc(OC)ccc3c(N)n2)cc1. The van der Waals surface area contributed by atoms with Crippen molar-refractivity contribution in [3.05, 3.63) is 60.3 Å². The number of aromatic amines is 1. The molecule has 31 heavy (non-hydrogen) atoms. The topological polar surface area (TPSA) is 89.3 Å². The zero-order valence-corrected chi connectivity index (χ0v) is 18.1. The first-order valence-corrected chi connectivity index (χ1v) is 10.4. The number of anilines is 4. The summed E-state index contributed by atoms with van der Waals surface area (Å²) in [4.78, 5) is 6.65. The Kier molecular flexibility index (Phi) is 5.93. The second kappa shape index (κ2) is 8.95. The normalized spacial score (nSPS) is 10.9. The van der Waals surface area contributed by atoms with Gasteiger partial charge >= 0.3 is 0 Å². The van der Waals surface area contributed by atoms with Crippen molar-refractivity contribution < 1.29 is 9.47 Å². The van der Waals surface area contributed by atoms with Crippen LogP contribution in [0.4, 0.5) is 23.1 Å². The average Bonchev–Trinajstić information content (AvgIpc) is 3.20. The van der Waals surface area contributed by atoms with Crippen LogP contribution >= 0.6 is 0 Å². The van der Waals surface area contributed by atoms with Gasteiger partial charge in [0.25, 0.3) is 0 Å². The van der Waals surface area contributed by atoms with Gasteiger partial charge in [-0.25, -0.2) is 4.98 Å². The van der Waals surface area contributed by atoms with Crippen molar-refractivity contribution in [3.8, 4) is 11.5 Å². The van der Waals surface area contributed by atoms with E-state index in [-0.39, 0.29) is 0 Å². The van der Waals surface area contributed by atoms with E-state index in [1.54, 1.807) is 7.11 Å². The molecule has 0 radical (unpaired) electrons. The summed E-state index contributed by atoms with van der Waals surface area (Å²) in [6, 6.07) is 17.6. The highest BCUT2D eigenvalue weighted by Crippen LogP contribution is 2.36. The lowest BCUT2D eigenvalue weighted by Gasteiger charge is -2.22. The number of nitrogens with two attached hydrogens (primary N) is 1. The van der Waals surface area contributed by atoms with E-state index in [9.17, 15) is 0 Å². The van der Waals surface area contributed by atoms with Crippen molar-refractivity contribution >= 4 is 33.9 Å². The molecular formula is C24H27N5O2. The molecule has 4 aromatic rings. The molecule has 0 bridgehead atoms. The summed E-state index contributed by atoms with van der Waals surface area (Å²) in [5, 5.41) is 9.29. The van der Waals surface area contributed by atoms with E-state index in [0.29, 0.717) is 18.2 Å². The molecule has 2 heterocycles. The van der Waals surface area contributed by atoms with E-state index in [4.69, 9.17) is 15.2 Å². The fraction of sp³-hybridized carbons (Fsp3) is 0.250. The maximum atomic E-state index is 6.31. The number of nitrogen functional groups attached to an aromatic ring is 1. The summed E-state index contributed by atoms with van der Waals surface area (Å²) in [5.41, 5.74) is 8.17. The number of aryl methyl sites for hydroxylation is 1. The lowest BCUT2D eigenvalue weighted by Crippen LogP contribution is -2.13. The summed E-state index contributed by atoms with van der Waals surface area (Å²) >= 11 is 0. The zero-order chi connectivity index (χ0) is 21.8. The molecule has 3 N–H and O–H groups in total. The highest BCUT2D eigenvalue weighted by molar-refractivity contribution is 5.95. The molecule has 7 heteroatoms. The summed E-state index contributed by atoms with van der Waals surface area (Å²) in [7, 11) is 1.65. The molecule has 0 spiro atoms. The van der Waals surface area contributed by atoms with Gasteiger partial charge in [0.1, 0.15) is 23.1 Å². The standard InChI is InChI=1S/C24H27N5O2/c1-4-5-12-31-19-8-6-18(7-9-19)29(23-13-16(2)27-28-23)22-15-17-14-20(30-3)10-11-21(17)24(25)26-22/h6-11,13-15H,4-5,12H2,1-3H3,(H2,25,26)(H,27,28). The first-order chi connectivity index (χ1) is 15.1. The highest BCUT2D eigenvalue weighted by atomic mass is 16.5. The van der Waals surface area contributed by atoms with Gasteiger partial charge in [0, 0.05) is 22.8 Å². The summed E-state index contributed by atoms with van der Waals surface area (Å²) < 4.78 is 11.2. The molecule has 0 fully saturated rings. The van der Waals surface area contributed by atoms with E-state index in [1.165, 1.54) is 0 Å². The molecule has 0 aliphatic rings. The van der Waals surface area contributed by atoms with Crippen molar-refractivity contribution in [2.24, 2.45) is 0 Å². The molecule has 4 rings (SSSR count). The van der Waals surface area contributed by atoms with Gasteiger partial charge in [-0.05, 0) is 67.3 Å². The minimum atomic E-state index is 0.451. The van der Waals surface area contributed by atoms with Crippen molar-refractivity contribution in [2.45, 2.75) is 26.7 Å². The van der Waals surface area contributed by atoms with Crippen LogP contribution in [0.15, 0.2) is 54.6 Å². The lowest BCUT2D eigenvalue weighted by molar-refractivity contribution is 0.309. The second-order valence-corrected chi connectivity index (χ2v) is 7.39. The minimum Gasteiger partial charge on any atom is -0.497 e. The maximum absolute atomic E-state index is 6.31. The lowest BCUT2D eigenvalue weighted by atomic mass is 10.1. The van der Waals surface area contributed by atoms with Crippen molar-refractivity contribution in [3.63, 3.8) is 0 Å². The maximum Gasteiger partial charge on any atom is 0.160 e. The number of methoxy groups -OCH3 is 1. The van der Waals surface area contributed by atoms with Gasteiger partial charge in [0.05, 0.1) is 13.7 Å². The number of hydrogen-bond donors (Lipinski definition) is 2. The first kappa shape index (κ1) is 20.5. The number of nitrogens with one attached hydrogen (secondary N) is 1. The third kappa shape index (κ3) is 4.40. The van der Waals surface area contributed by atoms with Gasteiger partial charge in [-0.1, -0.05) is 13.3 Å². The number of fused-ring (bicyclic) bond motifs is 1. The molecule has 0 aliphatic carbocycles. The smallest absolute Gasteiger partial charge is 0.160 e. The number of nitrogens with zero attached hydrogens (tertiary/aromatic N) is 3. The van der Waals surface area contributed by atoms with Crippen LogP contribution < -0.4 is 20.1 Å². The van der Waals surface area contributed by atoms with Gasteiger partial charge in [0.15, 0.2) is 5.82 Å². The van der Waals surface area contributed by atoms with Crippen LogP contribution in [-0.4, -0.2) is 28.9 Å². The molecule has 0 saturated heterocycles. The number of benzene rings is 2. The van der Waals surface area contributed by atoms with Gasteiger partial charge in [-0.3, -0.25) is 10.00 Å². The second-order valence-electron chi connectivity index (χ2n) is 7.39. The molecule has 2 aromatic heterocycles. The molecular weight excluding hydrogens is 390 g/mol. The summed E-state index contributed by atoms with van der Waals surface area (Å²) in [5.74, 6) is 3.45. The number of unbranched alkanes of at least 4 members (excludes halogenated alkanes) is 1. The third-order valence-corrected chi connectivity index (χ3v) is 5.07. The van der Waals surface area contributed by atoms with Gasteiger partial charge in [-0.2, -0.15) is 5.10 Å². The van der Waals surface area contributed by atoms with Gasteiger partial charge < -0.3 is 15.2 Å². The number of pyridine rings is 1. The Morgan fingerprint density at radius 2 is 1.77 bits per heavy atom. The van der Waals surface area contributed by atoms with Gasteiger partial charge in [-0.15, -0.1) is 0 Å². The Hall–Kier alpha value is -3.74. The van der Waals surface area contributed by atoms with Crippen LogP contribution in [0.2, 0.25) is 0 Å². The molecule has 0 saturated carbocycles. The first-order valence-electron chi connectivity index (χ1n) is 10.4. The quantitative estimate of drug-likeness (QED) is 0.368. The van der Waals surface area contributed by atoms with Crippen LogP contribution in [0.1, 0.15) is 25.5 Å². The minimum absolute atomic E-state index is 0.451. The van der Waals surface area contributed by atoms with E-state index in [0.717, 1.165) is 52.3 Å². The van der Waals surface area contributed by atoms with Crippen molar-refractivity contribution in [1.82, 2.24) is 15.2 Å². The molecule has 2 aromatic carbocycles. The number of ether oxygens (including phenoxy) is 2. The molecule has 7 nitrogen and oxygen atoms in total. The molecule has 0 unspecified atom stereocenters. The number of H-pyrrole nitrogens is 1. The van der Waals surface area contributed by atoms with Crippen LogP contribution in [0.5, 0.6) is 11.5 Å². The summed E-state index contributed by atoms with van der Waals surface area (Å²) in [6.45, 7) is 4.82. The Balaban J connectivity index is 1.77. The molecule has 0 amide bonds.